The summed E-state index contributed by atoms with van der Waals surface area (Å²) in [6.45, 7) is 4.61. The molecule has 1 aromatic rings. The van der Waals surface area contributed by atoms with Crippen LogP contribution in [0.15, 0.2) is 18.2 Å². The molecule has 5 nitrogen and oxygen atoms in total. The number of rotatable bonds is 7. The van der Waals surface area contributed by atoms with Crippen molar-refractivity contribution in [2.75, 3.05) is 6.61 Å². The van der Waals surface area contributed by atoms with Gasteiger partial charge >= 0.3 is 5.97 Å². The molecular formula is C15H23NO4. The number of esters is 1. The van der Waals surface area contributed by atoms with Crippen LogP contribution in [0, 0.1) is 5.92 Å². The summed E-state index contributed by atoms with van der Waals surface area (Å²) >= 11 is 0. The van der Waals surface area contributed by atoms with Crippen LogP contribution in [0.5, 0.6) is 11.5 Å². The van der Waals surface area contributed by atoms with Gasteiger partial charge in [-0.3, -0.25) is 4.79 Å². The lowest BCUT2D eigenvalue weighted by Gasteiger charge is -2.12. The first-order valence-corrected chi connectivity index (χ1v) is 6.83. The molecule has 4 N–H and O–H groups in total. The van der Waals surface area contributed by atoms with E-state index in [1.54, 1.807) is 6.07 Å². The van der Waals surface area contributed by atoms with Crippen molar-refractivity contribution in [3.8, 4) is 11.5 Å². The van der Waals surface area contributed by atoms with Crippen LogP contribution < -0.4 is 5.73 Å². The van der Waals surface area contributed by atoms with Crippen molar-refractivity contribution in [1.82, 2.24) is 0 Å². The van der Waals surface area contributed by atoms with Gasteiger partial charge in [0.1, 0.15) is 6.04 Å². The van der Waals surface area contributed by atoms with Crippen LogP contribution in [0.3, 0.4) is 0 Å². The van der Waals surface area contributed by atoms with E-state index in [0.29, 0.717) is 18.1 Å². The fraction of sp³-hybridized carbons (Fsp3) is 0.533. The van der Waals surface area contributed by atoms with Gasteiger partial charge in [-0.25, -0.2) is 0 Å². The molecule has 0 radical (unpaired) electrons. The van der Waals surface area contributed by atoms with Gasteiger partial charge in [-0.05, 0) is 42.9 Å². The van der Waals surface area contributed by atoms with E-state index >= 15 is 0 Å². The van der Waals surface area contributed by atoms with Gasteiger partial charge in [0.15, 0.2) is 11.5 Å². The van der Waals surface area contributed by atoms with E-state index in [1.807, 2.05) is 0 Å². The van der Waals surface area contributed by atoms with Gasteiger partial charge in [-0.1, -0.05) is 19.9 Å². The first-order chi connectivity index (χ1) is 9.40. The van der Waals surface area contributed by atoms with Crippen molar-refractivity contribution in [3.05, 3.63) is 23.8 Å². The Bertz CT molecular complexity index is 445. The largest absolute Gasteiger partial charge is 0.504 e. The molecule has 1 rings (SSSR count). The molecule has 0 unspecified atom stereocenters. The van der Waals surface area contributed by atoms with Gasteiger partial charge in [0.05, 0.1) is 6.61 Å². The molecule has 0 spiro atoms. The van der Waals surface area contributed by atoms with E-state index < -0.39 is 12.0 Å². The SMILES string of the molecule is CC(C)CCCOC(=O)[C@@H](N)Cc1ccc(O)c(O)c1. The van der Waals surface area contributed by atoms with Crippen molar-refractivity contribution in [2.45, 2.75) is 39.2 Å². The van der Waals surface area contributed by atoms with E-state index in [4.69, 9.17) is 10.5 Å². The molecule has 1 aromatic carbocycles. The minimum Gasteiger partial charge on any atom is -0.504 e. The maximum Gasteiger partial charge on any atom is 0.323 e. The lowest BCUT2D eigenvalue weighted by atomic mass is 10.1. The number of phenols is 2. The van der Waals surface area contributed by atoms with Gasteiger partial charge in [-0.2, -0.15) is 0 Å². The van der Waals surface area contributed by atoms with Gasteiger partial charge in [-0.15, -0.1) is 0 Å². The molecule has 5 heteroatoms. The monoisotopic (exact) mass is 281 g/mol. The Kier molecular flexibility index (Phi) is 6.31. The zero-order valence-corrected chi connectivity index (χ0v) is 12.0. The van der Waals surface area contributed by atoms with E-state index in [1.165, 1.54) is 12.1 Å². The molecule has 112 valence electrons. The summed E-state index contributed by atoms with van der Waals surface area (Å²) in [6, 6.07) is 3.60. The zero-order chi connectivity index (χ0) is 15.1. The van der Waals surface area contributed by atoms with E-state index in [-0.39, 0.29) is 17.9 Å². The minimum absolute atomic E-state index is 0.196. The highest BCUT2D eigenvalue weighted by Gasteiger charge is 2.16. The Morgan fingerprint density at radius 3 is 2.60 bits per heavy atom. The first kappa shape index (κ1) is 16.3. The van der Waals surface area contributed by atoms with E-state index in [0.717, 1.165) is 12.8 Å². The highest BCUT2D eigenvalue weighted by molar-refractivity contribution is 5.75. The first-order valence-electron chi connectivity index (χ1n) is 6.83. The Morgan fingerprint density at radius 1 is 1.30 bits per heavy atom. The van der Waals surface area contributed by atoms with Gasteiger partial charge in [0.25, 0.3) is 0 Å². The number of nitrogens with two attached hydrogens (primary N) is 1. The molecular weight excluding hydrogens is 258 g/mol. The van der Waals surface area contributed by atoms with E-state index in [2.05, 4.69) is 13.8 Å². The molecule has 0 heterocycles. The molecule has 0 bridgehead atoms. The summed E-state index contributed by atoms with van der Waals surface area (Å²) in [5.41, 5.74) is 6.43. The molecule has 0 fully saturated rings. The highest BCUT2D eigenvalue weighted by Crippen LogP contribution is 2.25. The molecule has 0 amide bonds. The topological polar surface area (TPSA) is 92.8 Å². The molecule has 1 atom stereocenters. The second kappa shape index (κ2) is 7.75. The smallest absolute Gasteiger partial charge is 0.323 e. The van der Waals surface area contributed by atoms with Crippen LogP contribution in [0.1, 0.15) is 32.3 Å². The Hall–Kier alpha value is -1.75. The van der Waals surface area contributed by atoms with Crippen LogP contribution in [0.4, 0.5) is 0 Å². The predicted octanol–water partition coefficient (Wildman–Crippen LogP) is 1.95. The van der Waals surface area contributed by atoms with Gasteiger partial charge in [0.2, 0.25) is 0 Å². The normalized spacial score (nSPS) is 12.4. The lowest BCUT2D eigenvalue weighted by Crippen LogP contribution is -2.34. The summed E-state index contributed by atoms with van der Waals surface area (Å²) in [6.07, 6.45) is 2.10. The fourth-order valence-electron chi connectivity index (χ4n) is 1.80. The molecule has 0 saturated heterocycles. The van der Waals surface area contributed by atoms with Crippen LogP contribution in [0.2, 0.25) is 0 Å². The Labute approximate surface area is 119 Å². The predicted molar refractivity (Wildman–Crippen MR) is 76.5 cm³/mol. The molecule has 0 aliphatic carbocycles. The number of hydrogen-bond acceptors (Lipinski definition) is 5. The molecule has 0 aromatic heterocycles. The van der Waals surface area contributed by atoms with Crippen LogP contribution in [-0.2, 0) is 16.0 Å². The van der Waals surface area contributed by atoms with Crippen LogP contribution >= 0.6 is 0 Å². The average molecular weight is 281 g/mol. The third kappa shape index (κ3) is 5.48. The maximum absolute atomic E-state index is 11.7. The zero-order valence-electron chi connectivity index (χ0n) is 12.0. The molecule has 20 heavy (non-hydrogen) atoms. The van der Waals surface area contributed by atoms with Crippen molar-refractivity contribution in [2.24, 2.45) is 11.7 Å². The van der Waals surface area contributed by atoms with Crippen LogP contribution in [-0.4, -0.2) is 28.8 Å². The van der Waals surface area contributed by atoms with Gasteiger partial charge in [0, 0.05) is 0 Å². The molecule has 0 saturated carbocycles. The number of aromatic hydroxyl groups is 2. The standard InChI is InChI=1S/C15H23NO4/c1-10(2)4-3-7-20-15(19)12(16)8-11-5-6-13(17)14(18)9-11/h5-6,9-10,12,17-18H,3-4,7-8,16H2,1-2H3/t12-/m0/s1. The van der Waals surface area contributed by atoms with Gasteiger partial charge < -0.3 is 20.7 Å². The summed E-state index contributed by atoms with van der Waals surface area (Å²) < 4.78 is 5.10. The third-order valence-corrected chi connectivity index (χ3v) is 2.97. The third-order valence-electron chi connectivity index (χ3n) is 2.97. The highest BCUT2D eigenvalue weighted by atomic mass is 16.5. The average Bonchev–Trinajstić information content (AvgIpc) is 2.38. The lowest BCUT2D eigenvalue weighted by molar-refractivity contribution is -0.145. The fourth-order valence-corrected chi connectivity index (χ4v) is 1.80. The second-order valence-electron chi connectivity index (χ2n) is 5.34. The van der Waals surface area contributed by atoms with Crippen molar-refractivity contribution in [3.63, 3.8) is 0 Å². The number of carbonyl (C=O) groups excluding carboxylic acids is 1. The Balaban J connectivity index is 2.39. The summed E-state index contributed by atoms with van der Waals surface area (Å²) in [4.78, 5) is 11.7. The van der Waals surface area contributed by atoms with Crippen molar-refractivity contribution in [1.29, 1.82) is 0 Å². The summed E-state index contributed by atoms with van der Waals surface area (Å²) in [5, 5.41) is 18.6. The number of benzene rings is 1. The van der Waals surface area contributed by atoms with Crippen molar-refractivity contribution < 1.29 is 19.7 Å². The Morgan fingerprint density at radius 2 is 2.00 bits per heavy atom. The maximum atomic E-state index is 11.7. The summed E-state index contributed by atoms with van der Waals surface area (Å²) in [5.74, 6) is -0.276. The number of ether oxygens (including phenoxy) is 1. The molecule has 0 aliphatic heterocycles. The van der Waals surface area contributed by atoms with Crippen LogP contribution in [0.25, 0.3) is 0 Å². The molecule has 0 aliphatic rings. The minimum atomic E-state index is -0.766. The van der Waals surface area contributed by atoms with E-state index in [9.17, 15) is 15.0 Å². The number of hydrogen-bond donors (Lipinski definition) is 3. The summed E-state index contributed by atoms with van der Waals surface area (Å²) in [7, 11) is 0. The number of carbonyl (C=O) groups is 1. The quantitative estimate of drug-likeness (QED) is 0.403. The second-order valence-corrected chi connectivity index (χ2v) is 5.34. The number of phenolic OH excluding ortho intramolecular Hbond substituents is 2. The van der Waals surface area contributed by atoms with Crippen molar-refractivity contribution >= 4 is 5.97 Å².